The number of hydrogen-bond donors (Lipinski definition) is 1. The first-order chi connectivity index (χ1) is 7.22. The number of aliphatic hydroxyl groups excluding tert-OH is 1. The molecule has 0 saturated heterocycles. The van der Waals surface area contributed by atoms with Gasteiger partial charge in [0.05, 0.1) is 14.2 Å². The average Bonchev–Trinajstić information content (AvgIpc) is 2.28. The van der Waals surface area contributed by atoms with Gasteiger partial charge in [-0.25, -0.2) is 0 Å². The van der Waals surface area contributed by atoms with Gasteiger partial charge in [0, 0.05) is 12.2 Å². The molecule has 15 heavy (non-hydrogen) atoms. The molecule has 1 N–H and O–H groups in total. The summed E-state index contributed by atoms with van der Waals surface area (Å²) in [6.07, 6.45) is -0.977. The van der Waals surface area contributed by atoms with E-state index in [2.05, 4.69) is 6.07 Å². The molecule has 83 valence electrons. The van der Waals surface area contributed by atoms with Gasteiger partial charge in [0.2, 0.25) is 0 Å². The van der Waals surface area contributed by atoms with Crippen LogP contribution in [-0.2, 0) is 4.74 Å². The zero-order valence-electron chi connectivity index (χ0n) is 9.11. The molecule has 0 aliphatic rings. The van der Waals surface area contributed by atoms with Crippen LogP contribution in [0.2, 0.25) is 0 Å². The number of rotatable bonds is 5. The summed E-state index contributed by atoms with van der Waals surface area (Å²) < 4.78 is 15.2. The van der Waals surface area contributed by atoms with Crippen molar-refractivity contribution in [2.45, 2.75) is 13.2 Å². The summed E-state index contributed by atoms with van der Waals surface area (Å²) in [6.45, 7) is 2.24. The van der Waals surface area contributed by atoms with Gasteiger partial charge in [-0.05, 0) is 25.1 Å². The molecule has 0 fully saturated rings. The van der Waals surface area contributed by atoms with E-state index >= 15 is 0 Å². The molecule has 1 rings (SSSR count). The van der Waals surface area contributed by atoms with E-state index in [9.17, 15) is 5.11 Å². The molecular weight excluding hydrogens is 196 g/mol. The first-order valence-electron chi connectivity index (χ1n) is 4.66. The van der Waals surface area contributed by atoms with Crippen LogP contribution in [0.5, 0.6) is 11.5 Å². The van der Waals surface area contributed by atoms with Gasteiger partial charge in [-0.2, -0.15) is 0 Å². The van der Waals surface area contributed by atoms with E-state index in [-0.39, 0.29) is 0 Å². The third kappa shape index (κ3) is 2.84. The minimum absolute atomic E-state index is 0.434. The largest absolute Gasteiger partial charge is 0.493 e. The SMILES string of the molecule is CCOC(O)c1[c]cc(OC)c(OC)c1. The second kappa shape index (κ2) is 5.58. The molecule has 1 unspecified atom stereocenters. The lowest BCUT2D eigenvalue weighted by molar-refractivity contribution is -0.0982. The molecule has 0 aliphatic heterocycles. The van der Waals surface area contributed by atoms with Crippen LogP contribution in [0, 0.1) is 6.07 Å². The molecule has 0 aliphatic carbocycles. The highest BCUT2D eigenvalue weighted by Gasteiger charge is 2.11. The lowest BCUT2D eigenvalue weighted by Gasteiger charge is -2.13. The Labute approximate surface area is 89.4 Å². The van der Waals surface area contributed by atoms with Crippen molar-refractivity contribution in [1.29, 1.82) is 0 Å². The second-order valence-corrected chi connectivity index (χ2v) is 2.83. The number of aliphatic hydroxyl groups is 1. The van der Waals surface area contributed by atoms with Crippen molar-refractivity contribution < 1.29 is 19.3 Å². The van der Waals surface area contributed by atoms with Crippen LogP contribution in [0.3, 0.4) is 0 Å². The topological polar surface area (TPSA) is 47.9 Å². The predicted octanol–water partition coefficient (Wildman–Crippen LogP) is 1.53. The highest BCUT2D eigenvalue weighted by Crippen LogP contribution is 2.29. The zero-order valence-corrected chi connectivity index (χ0v) is 9.11. The smallest absolute Gasteiger partial charge is 0.181 e. The quantitative estimate of drug-likeness (QED) is 0.750. The monoisotopic (exact) mass is 211 g/mol. The van der Waals surface area contributed by atoms with Gasteiger partial charge >= 0.3 is 0 Å². The normalized spacial score (nSPS) is 12.3. The Morgan fingerprint density at radius 2 is 2.00 bits per heavy atom. The maximum atomic E-state index is 9.55. The molecule has 1 atom stereocenters. The number of benzene rings is 1. The van der Waals surface area contributed by atoms with E-state index in [1.165, 1.54) is 7.11 Å². The summed E-state index contributed by atoms with van der Waals surface area (Å²) >= 11 is 0. The number of ether oxygens (including phenoxy) is 3. The van der Waals surface area contributed by atoms with Crippen molar-refractivity contribution in [3.8, 4) is 11.5 Å². The zero-order chi connectivity index (χ0) is 11.3. The molecule has 0 heterocycles. The number of methoxy groups -OCH3 is 2. The highest BCUT2D eigenvalue weighted by atomic mass is 16.6. The highest BCUT2D eigenvalue weighted by molar-refractivity contribution is 5.42. The van der Waals surface area contributed by atoms with Crippen molar-refractivity contribution in [2.75, 3.05) is 20.8 Å². The third-order valence-corrected chi connectivity index (χ3v) is 1.93. The molecule has 1 radical (unpaired) electrons. The van der Waals surface area contributed by atoms with Crippen LogP contribution >= 0.6 is 0 Å². The van der Waals surface area contributed by atoms with E-state index in [0.29, 0.717) is 23.7 Å². The molecule has 0 aromatic heterocycles. The second-order valence-electron chi connectivity index (χ2n) is 2.83. The van der Waals surface area contributed by atoms with Gasteiger partial charge in [0.1, 0.15) is 0 Å². The minimum Gasteiger partial charge on any atom is -0.493 e. The van der Waals surface area contributed by atoms with Gasteiger partial charge in [0.15, 0.2) is 17.8 Å². The van der Waals surface area contributed by atoms with Crippen molar-refractivity contribution in [3.63, 3.8) is 0 Å². The van der Waals surface area contributed by atoms with Gasteiger partial charge < -0.3 is 19.3 Å². The third-order valence-electron chi connectivity index (χ3n) is 1.93. The molecule has 0 spiro atoms. The molecule has 0 amide bonds. The van der Waals surface area contributed by atoms with Crippen molar-refractivity contribution in [3.05, 3.63) is 23.8 Å². The Morgan fingerprint density at radius 1 is 1.33 bits per heavy atom. The van der Waals surface area contributed by atoms with E-state index in [4.69, 9.17) is 14.2 Å². The Balaban J connectivity index is 2.92. The molecule has 4 nitrogen and oxygen atoms in total. The molecular formula is C11H15O4. The average molecular weight is 211 g/mol. The fraction of sp³-hybridized carbons (Fsp3) is 0.455. The summed E-state index contributed by atoms with van der Waals surface area (Å²) in [7, 11) is 3.08. The summed E-state index contributed by atoms with van der Waals surface area (Å²) in [5.74, 6) is 1.12. The van der Waals surface area contributed by atoms with Crippen molar-refractivity contribution in [2.24, 2.45) is 0 Å². The van der Waals surface area contributed by atoms with Gasteiger partial charge in [-0.3, -0.25) is 0 Å². The minimum atomic E-state index is -0.977. The molecule has 4 heteroatoms. The van der Waals surface area contributed by atoms with Crippen LogP contribution < -0.4 is 9.47 Å². The van der Waals surface area contributed by atoms with Crippen LogP contribution in [0.4, 0.5) is 0 Å². The molecule has 0 saturated carbocycles. The summed E-state index contributed by atoms with van der Waals surface area (Å²) in [5, 5.41) is 9.55. The molecule has 0 bridgehead atoms. The van der Waals surface area contributed by atoms with Crippen LogP contribution in [0.1, 0.15) is 18.8 Å². The van der Waals surface area contributed by atoms with Crippen LogP contribution in [0.25, 0.3) is 0 Å². The lowest BCUT2D eigenvalue weighted by Crippen LogP contribution is -2.03. The first-order valence-corrected chi connectivity index (χ1v) is 4.66. The summed E-state index contributed by atoms with van der Waals surface area (Å²) in [5.41, 5.74) is 0.523. The van der Waals surface area contributed by atoms with Crippen LogP contribution in [-0.4, -0.2) is 25.9 Å². The predicted molar refractivity (Wildman–Crippen MR) is 55.0 cm³/mol. The Hall–Kier alpha value is -1.26. The first kappa shape index (κ1) is 11.8. The van der Waals surface area contributed by atoms with E-state index in [1.807, 2.05) is 6.92 Å². The van der Waals surface area contributed by atoms with Crippen molar-refractivity contribution >= 4 is 0 Å². The summed E-state index contributed by atoms with van der Waals surface area (Å²) in [6, 6.07) is 6.11. The maximum absolute atomic E-state index is 9.55. The van der Waals surface area contributed by atoms with E-state index in [0.717, 1.165) is 0 Å². The summed E-state index contributed by atoms with van der Waals surface area (Å²) in [4.78, 5) is 0. The van der Waals surface area contributed by atoms with Crippen LogP contribution in [0.15, 0.2) is 12.1 Å². The lowest BCUT2D eigenvalue weighted by atomic mass is 10.2. The van der Waals surface area contributed by atoms with Crippen molar-refractivity contribution in [1.82, 2.24) is 0 Å². The number of hydrogen-bond acceptors (Lipinski definition) is 4. The Bertz CT molecular complexity index is 311. The van der Waals surface area contributed by atoms with Gasteiger partial charge in [-0.1, -0.05) is 0 Å². The van der Waals surface area contributed by atoms with Gasteiger partial charge in [-0.15, -0.1) is 0 Å². The fourth-order valence-corrected chi connectivity index (χ4v) is 1.18. The molecule has 1 aromatic carbocycles. The maximum Gasteiger partial charge on any atom is 0.181 e. The van der Waals surface area contributed by atoms with E-state index in [1.54, 1.807) is 19.2 Å². The van der Waals surface area contributed by atoms with Gasteiger partial charge in [0.25, 0.3) is 0 Å². The Morgan fingerprint density at radius 3 is 2.53 bits per heavy atom. The fourth-order valence-electron chi connectivity index (χ4n) is 1.18. The standard InChI is InChI=1S/C11H15O4/c1-4-15-11(12)8-5-6-9(13-2)10(7-8)14-3/h6-7,11-12H,4H2,1-3H3. The van der Waals surface area contributed by atoms with E-state index < -0.39 is 6.29 Å². The Kier molecular flexibility index (Phi) is 4.39. The molecule has 1 aromatic rings.